The molecule has 4 rings (SSSR count). The molecule has 2 heterocycles. The van der Waals surface area contributed by atoms with E-state index in [-0.39, 0.29) is 12.0 Å². The number of rotatable bonds is 7. The van der Waals surface area contributed by atoms with E-state index in [1.165, 1.54) is 5.56 Å². The fourth-order valence-corrected chi connectivity index (χ4v) is 3.63. The highest BCUT2D eigenvalue weighted by Gasteiger charge is 2.16. The number of aromatic nitrogens is 1. The zero-order valence-electron chi connectivity index (χ0n) is 17.7. The minimum absolute atomic E-state index is 0.111. The van der Waals surface area contributed by atoms with E-state index in [0.29, 0.717) is 23.6 Å². The Labute approximate surface area is 182 Å². The molecule has 2 aromatic carbocycles. The van der Waals surface area contributed by atoms with Crippen molar-refractivity contribution in [1.82, 2.24) is 15.2 Å². The third-order valence-electron chi connectivity index (χ3n) is 5.16. The number of carbonyl (C=O) groups is 1. The van der Waals surface area contributed by atoms with E-state index >= 15 is 0 Å². The Morgan fingerprint density at radius 3 is 2.74 bits per heavy atom. The first-order valence-electron chi connectivity index (χ1n) is 10.5. The molecule has 1 saturated heterocycles. The van der Waals surface area contributed by atoms with E-state index in [9.17, 15) is 4.79 Å². The SMILES string of the molecule is CC1CN(Cc2cccc(CNC(=O)c3ccc(Oc4cccnc4)cc3)c2)CCO1. The molecule has 1 aromatic heterocycles. The van der Waals surface area contributed by atoms with Crippen LogP contribution >= 0.6 is 0 Å². The molecular weight excluding hydrogens is 390 g/mol. The first-order chi connectivity index (χ1) is 15.2. The summed E-state index contributed by atoms with van der Waals surface area (Å²) in [5.74, 6) is 1.21. The molecule has 1 aliphatic rings. The maximum Gasteiger partial charge on any atom is 0.251 e. The van der Waals surface area contributed by atoms with Crippen LogP contribution in [-0.2, 0) is 17.8 Å². The van der Waals surface area contributed by atoms with Crippen LogP contribution < -0.4 is 10.1 Å². The maximum absolute atomic E-state index is 12.5. The smallest absolute Gasteiger partial charge is 0.251 e. The number of benzene rings is 2. The first-order valence-corrected chi connectivity index (χ1v) is 10.5. The number of nitrogens with zero attached hydrogens (tertiary/aromatic N) is 2. The lowest BCUT2D eigenvalue weighted by atomic mass is 10.1. The van der Waals surface area contributed by atoms with Gasteiger partial charge in [0.15, 0.2) is 0 Å². The Hall–Kier alpha value is -3.22. The molecule has 0 spiro atoms. The molecular formula is C25H27N3O3. The number of amides is 1. The third-order valence-corrected chi connectivity index (χ3v) is 5.16. The molecule has 6 nitrogen and oxygen atoms in total. The summed E-state index contributed by atoms with van der Waals surface area (Å²) in [6, 6.07) is 19.1. The average Bonchev–Trinajstić information content (AvgIpc) is 2.79. The normalized spacial score (nSPS) is 16.6. The minimum Gasteiger partial charge on any atom is -0.456 e. The van der Waals surface area contributed by atoms with Gasteiger partial charge in [0.1, 0.15) is 11.5 Å². The summed E-state index contributed by atoms with van der Waals surface area (Å²) in [5.41, 5.74) is 2.93. The largest absolute Gasteiger partial charge is 0.456 e. The predicted molar refractivity (Wildman–Crippen MR) is 119 cm³/mol. The summed E-state index contributed by atoms with van der Waals surface area (Å²) in [6.07, 6.45) is 3.62. The second kappa shape index (κ2) is 10.2. The number of pyridine rings is 1. The highest BCUT2D eigenvalue weighted by Crippen LogP contribution is 2.20. The fourth-order valence-electron chi connectivity index (χ4n) is 3.63. The standard InChI is InChI=1S/C25H27N3O3/c1-19-17-28(12-13-30-19)18-21-5-2-4-20(14-21)15-27-25(29)22-7-9-23(10-8-22)31-24-6-3-11-26-16-24/h2-11,14,16,19H,12-13,15,17-18H2,1H3,(H,27,29). The highest BCUT2D eigenvalue weighted by atomic mass is 16.5. The van der Waals surface area contributed by atoms with Gasteiger partial charge in [0.2, 0.25) is 0 Å². The van der Waals surface area contributed by atoms with E-state index in [1.54, 1.807) is 36.7 Å². The number of hydrogen-bond acceptors (Lipinski definition) is 5. The molecule has 1 atom stereocenters. The lowest BCUT2D eigenvalue weighted by molar-refractivity contribution is -0.0212. The molecule has 3 aromatic rings. The Morgan fingerprint density at radius 2 is 1.97 bits per heavy atom. The molecule has 160 valence electrons. The van der Waals surface area contributed by atoms with Crippen LogP contribution in [0.3, 0.4) is 0 Å². The molecule has 6 heteroatoms. The quantitative estimate of drug-likeness (QED) is 0.629. The van der Waals surface area contributed by atoms with Crippen molar-refractivity contribution in [3.8, 4) is 11.5 Å². The summed E-state index contributed by atoms with van der Waals surface area (Å²) in [7, 11) is 0. The van der Waals surface area contributed by atoms with Crippen LogP contribution in [0.4, 0.5) is 0 Å². The van der Waals surface area contributed by atoms with Gasteiger partial charge in [-0.3, -0.25) is 14.7 Å². The molecule has 1 N–H and O–H groups in total. The lowest BCUT2D eigenvalue weighted by Gasteiger charge is -2.31. The van der Waals surface area contributed by atoms with Crippen LogP contribution in [0.5, 0.6) is 11.5 Å². The molecule has 1 aliphatic heterocycles. The zero-order valence-corrected chi connectivity index (χ0v) is 17.7. The minimum atomic E-state index is -0.111. The van der Waals surface area contributed by atoms with Crippen LogP contribution in [0.25, 0.3) is 0 Å². The van der Waals surface area contributed by atoms with Crippen LogP contribution in [0.2, 0.25) is 0 Å². The van der Waals surface area contributed by atoms with Gasteiger partial charge in [0.05, 0.1) is 18.9 Å². The van der Waals surface area contributed by atoms with Gasteiger partial charge in [-0.05, 0) is 54.4 Å². The van der Waals surface area contributed by atoms with E-state index in [1.807, 2.05) is 24.3 Å². The first kappa shape index (κ1) is 21.0. The van der Waals surface area contributed by atoms with Crippen molar-refractivity contribution in [2.45, 2.75) is 26.1 Å². The van der Waals surface area contributed by atoms with Gasteiger partial charge in [0, 0.05) is 37.9 Å². The molecule has 0 radical (unpaired) electrons. The van der Waals surface area contributed by atoms with Crippen molar-refractivity contribution in [3.63, 3.8) is 0 Å². The second-order valence-electron chi connectivity index (χ2n) is 7.73. The molecule has 0 saturated carbocycles. The molecule has 0 bridgehead atoms. The van der Waals surface area contributed by atoms with Gasteiger partial charge in [-0.1, -0.05) is 24.3 Å². The summed E-state index contributed by atoms with van der Waals surface area (Å²) in [4.78, 5) is 19.0. The van der Waals surface area contributed by atoms with Crippen LogP contribution in [-0.4, -0.2) is 41.6 Å². The summed E-state index contributed by atoms with van der Waals surface area (Å²) >= 11 is 0. The van der Waals surface area contributed by atoms with Crippen molar-refractivity contribution < 1.29 is 14.3 Å². The van der Waals surface area contributed by atoms with Gasteiger partial charge in [0.25, 0.3) is 5.91 Å². The van der Waals surface area contributed by atoms with Crippen molar-refractivity contribution in [2.24, 2.45) is 0 Å². The second-order valence-corrected chi connectivity index (χ2v) is 7.73. The Kier molecular flexibility index (Phi) is 6.92. The molecule has 1 amide bonds. The van der Waals surface area contributed by atoms with Crippen molar-refractivity contribution in [1.29, 1.82) is 0 Å². The highest BCUT2D eigenvalue weighted by molar-refractivity contribution is 5.94. The summed E-state index contributed by atoms with van der Waals surface area (Å²) in [6.45, 7) is 6.17. The lowest BCUT2D eigenvalue weighted by Crippen LogP contribution is -2.40. The van der Waals surface area contributed by atoms with Gasteiger partial charge in [-0.2, -0.15) is 0 Å². The van der Waals surface area contributed by atoms with Gasteiger partial charge < -0.3 is 14.8 Å². The van der Waals surface area contributed by atoms with Crippen molar-refractivity contribution >= 4 is 5.91 Å². The topological polar surface area (TPSA) is 63.7 Å². The van der Waals surface area contributed by atoms with Crippen LogP contribution in [0, 0.1) is 0 Å². The monoisotopic (exact) mass is 417 g/mol. The fraction of sp³-hybridized carbons (Fsp3) is 0.280. The number of carbonyl (C=O) groups excluding carboxylic acids is 1. The Morgan fingerprint density at radius 1 is 1.13 bits per heavy atom. The van der Waals surface area contributed by atoms with Crippen LogP contribution in [0.15, 0.2) is 73.1 Å². The van der Waals surface area contributed by atoms with E-state index in [0.717, 1.165) is 31.8 Å². The summed E-state index contributed by atoms with van der Waals surface area (Å²) < 4.78 is 11.3. The summed E-state index contributed by atoms with van der Waals surface area (Å²) in [5, 5.41) is 3.00. The van der Waals surface area contributed by atoms with Gasteiger partial charge >= 0.3 is 0 Å². The Balaban J connectivity index is 1.30. The van der Waals surface area contributed by atoms with Crippen LogP contribution in [0.1, 0.15) is 28.4 Å². The number of morpholine rings is 1. The average molecular weight is 418 g/mol. The Bertz CT molecular complexity index is 992. The van der Waals surface area contributed by atoms with E-state index < -0.39 is 0 Å². The van der Waals surface area contributed by atoms with Gasteiger partial charge in [-0.15, -0.1) is 0 Å². The predicted octanol–water partition coefficient (Wildman–Crippen LogP) is 4.02. The third kappa shape index (κ3) is 6.13. The van der Waals surface area contributed by atoms with Crippen molar-refractivity contribution in [2.75, 3.05) is 19.7 Å². The molecule has 31 heavy (non-hydrogen) atoms. The molecule has 1 unspecified atom stereocenters. The van der Waals surface area contributed by atoms with Gasteiger partial charge in [-0.25, -0.2) is 0 Å². The number of ether oxygens (including phenoxy) is 2. The molecule has 1 fully saturated rings. The van der Waals surface area contributed by atoms with E-state index in [4.69, 9.17) is 9.47 Å². The molecule has 0 aliphatic carbocycles. The zero-order chi connectivity index (χ0) is 21.5. The van der Waals surface area contributed by atoms with Crippen molar-refractivity contribution in [3.05, 3.63) is 89.7 Å². The number of hydrogen-bond donors (Lipinski definition) is 1. The maximum atomic E-state index is 12.5. The number of nitrogens with one attached hydrogen (secondary N) is 1. The van der Waals surface area contributed by atoms with E-state index in [2.05, 4.69) is 34.3 Å².